The molecule has 1 fully saturated rings. The molecule has 2 rings (SSSR count). The fourth-order valence-electron chi connectivity index (χ4n) is 1.70. The SMILES string of the molecule is Fc1ccc(Br)cc1CNCC1COCCO1. The Balaban J connectivity index is 1.79. The average molecular weight is 304 g/mol. The maximum Gasteiger partial charge on any atom is 0.127 e. The van der Waals surface area contributed by atoms with Gasteiger partial charge in [0.1, 0.15) is 5.82 Å². The third-order valence-corrected chi connectivity index (χ3v) is 3.07. The van der Waals surface area contributed by atoms with Gasteiger partial charge in [-0.15, -0.1) is 0 Å². The van der Waals surface area contributed by atoms with Gasteiger partial charge in [0, 0.05) is 23.1 Å². The van der Waals surface area contributed by atoms with Crippen LogP contribution in [0.25, 0.3) is 0 Å². The second kappa shape index (κ2) is 6.44. The summed E-state index contributed by atoms with van der Waals surface area (Å²) in [5.74, 6) is -0.193. The number of ether oxygens (including phenoxy) is 2. The van der Waals surface area contributed by atoms with Crippen LogP contribution in [0.3, 0.4) is 0 Å². The van der Waals surface area contributed by atoms with Gasteiger partial charge in [-0.1, -0.05) is 15.9 Å². The number of hydrogen-bond acceptors (Lipinski definition) is 3. The summed E-state index contributed by atoms with van der Waals surface area (Å²) in [6.45, 7) is 3.07. The largest absolute Gasteiger partial charge is 0.376 e. The zero-order valence-electron chi connectivity index (χ0n) is 9.42. The first-order valence-electron chi connectivity index (χ1n) is 5.59. The van der Waals surface area contributed by atoms with Gasteiger partial charge in [-0.2, -0.15) is 0 Å². The van der Waals surface area contributed by atoms with Crippen molar-refractivity contribution >= 4 is 15.9 Å². The molecular formula is C12H15BrFNO2. The van der Waals surface area contributed by atoms with Crippen molar-refractivity contribution in [2.45, 2.75) is 12.6 Å². The summed E-state index contributed by atoms with van der Waals surface area (Å²) >= 11 is 3.33. The van der Waals surface area contributed by atoms with Gasteiger partial charge in [-0.3, -0.25) is 0 Å². The zero-order chi connectivity index (χ0) is 12.1. The Morgan fingerprint density at radius 2 is 2.29 bits per heavy atom. The molecule has 0 aliphatic carbocycles. The topological polar surface area (TPSA) is 30.5 Å². The molecule has 5 heteroatoms. The fraction of sp³-hybridized carbons (Fsp3) is 0.500. The lowest BCUT2D eigenvalue weighted by atomic mass is 10.2. The summed E-state index contributed by atoms with van der Waals surface area (Å²) in [4.78, 5) is 0. The third kappa shape index (κ3) is 4.03. The second-order valence-corrected chi connectivity index (χ2v) is 4.85. The number of benzene rings is 1. The van der Waals surface area contributed by atoms with E-state index in [2.05, 4.69) is 21.2 Å². The van der Waals surface area contributed by atoms with Crippen molar-refractivity contribution in [2.24, 2.45) is 0 Å². The fourth-order valence-corrected chi connectivity index (χ4v) is 2.11. The Labute approximate surface area is 108 Å². The van der Waals surface area contributed by atoms with Crippen LogP contribution in [-0.2, 0) is 16.0 Å². The molecule has 1 aromatic rings. The van der Waals surface area contributed by atoms with Crippen molar-refractivity contribution < 1.29 is 13.9 Å². The van der Waals surface area contributed by atoms with Crippen LogP contribution in [0.5, 0.6) is 0 Å². The summed E-state index contributed by atoms with van der Waals surface area (Å²) in [6, 6.07) is 4.93. The van der Waals surface area contributed by atoms with Crippen LogP contribution in [0.15, 0.2) is 22.7 Å². The summed E-state index contributed by atoms with van der Waals surface area (Å²) in [5, 5.41) is 3.17. The molecule has 1 heterocycles. The van der Waals surface area contributed by atoms with Crippen molar-refractivity contribution in [1.82, 2.24) is 5.32 Å². The Kier molecular flexibility index (Phi) is 4.91. The minimum Gasteiger partial charge on any atom is -0.376 e. The lowest BCUT2D eigenvalue weighted by Crippen LogP contribution is -2.37. The molecule has 0 spiro atoms. The molecule has 1 atom stereocenters. The Morgan fingerprint density at radius 1 is 1.41 bits per heavy atom. The minimum absolute atomic E-state index is 0.0685. The van der Waals surface area contributed by atoms with Gasteiger partial charge in [0.2, 0.25) is 0 Å². The summed E-state index contributed by atoms with van der Waals surface area (Å²) < 4.78 is 25.1. The van der Waals surface area contributed by atoms with Gasteiger partial charge in [-0.05, 0) is 18.2 Å². The van der Waals surface area contributed by atoms with Crippen LogP contribution < -0.4 is 5.32 Å². The van der Waals surface area contributed by atoms with Gasteiger partial charge in [-0.25, -0.2) is 4.39 Å². The minimum atomic E-state index is -0.193. The molecule has 1 saturated heterocycles. The quantitative estimate of drug-likeness (QED) is 0.924. The Hall–Kier alpha value is -0.490. The predicted octanol–water partition coefficient (Wildman–Crippen LogP) is 2.09. The highest BCUT2D eigenvalue weighted by atomic mass is 79.9. The van der Waals surface area contributed by atoms with Gasteiger partial charge >= 0.3 is 0 Å². The van der Waals surface area contributed by atoms with Gasteiger partial charge in [0.15, 0.2) is 0 Å². The normalized spacial score (nSPS) is 20.5. The first-order chi connectivity index (χ1) is 8.25. The van der Waals surface area contributed by atoms with Crippen LogP contribution in [0.4, 0.5) is 4.39 Å². The predicted molar refractivity (Wildman–Crippen MR) is 66.4 cm³/mol. The lowest BCUT2D eigenvalue weighted by Gasteiger charge is -2.23. The van der Waals surface area contributed by atoms with E-state index in [1.54, 1.807) is 12.1 Å². The number of nitrogens with one attached hydrogen (secondary N) is 1. The van der Waals surface area contributed by atoms with Crippen molar-refractivity contribution in [2.75, 3.05) is 26.4 Å². The van der Waals surface area contributed by atoms with Crippen LogP contribution in [0.2, 0.25) is 0 Å². The molecule has 0 aromatic heterocycles. The first-order valence-corrected chi connectivity index (χ1v) is 6.39. The standard InChI is InChI=1S/C12H15BrFNO2/c13-10-1-2-12(14)9(5-10)6-15-7-11-8-16-3-4-17-11/h1-2,5,11,15H,3-4,6-8H2. The summed E-state index contributed by atoms with van der Waals surface area (Å²) in [7, 11) is 0. The van der Waals surface area contributed by atoms with Gasteiger partial charge in [0.25, 0.3) is 0 Å². The van der Waals surface area contributed by atoms with E-state index in [4.69, 9.17) is 9.47 Å². The van der Waals surface area contributed by atoms with Crippen LogP contribution in [0.1, 0.15) is 5.56 Å². The van der Waals surface area contributed by atoms with Crippen LogP contribution in [0, 0.1) is 5.82 Å². The smallest absolute Gasteiger partial charge is 0.127 e. The van der Waals surface area contributed by atoms with Crippen molar-refractivity contribution in [3.8, 4) is 0 Å². The van der Waals surface area contributed by atoms with Crippen LogP contribution >= 0.6 is 15.9 Å². The molecule has 17 heavy (non-hydrogen) atoms. The number of hydrogen-bond donors (Lipinski definition) is 1. The number of halogens is 2. The van der Waals surface area contributed by atoms with Crippen molar-refractivity contribution in [3.63, 3.8) is 0 Å². The average Bonchev–Trinajstić information content (AvgIpc) is 2.35. The van der Waals surface area contributed by atoms with Gasteiger partial charge in [0.05, 0.1) is 25.9 Å². The second-order valence-electron chi connectivity index (χ2n) is 3.93. The van der Waals surface area contributed by atoms with Crippen molar-refractivity contribution in [1.29, 1.82) is 0 Å². The van der Waals surface area contributed by atoms with E-state index < -0.39 is 0 Å². The highest BCUT2D eigenvalue weighted by molar-refractivity contribution is 9.10. The monoisotopic (exact) mass is 303 g/mol. The highest BCUT2D eigenvalue weighted by Gasteiger charge is 2.13. The molecule has 0 amide bonds. The molecule has 1 aromatic carbocycles. The molecule has 0 saturated carbocycles. The Morgan fingerprint density at radius 3 is 3.06 bits per heavy atom. The molecular weight excluding hydrogens is 289 g/mol. The van der Waals surface area contributed by atoms with E-state index in [1.165, 1.54) is 6.07 Å². The maximum atomic E-state index is 13.4. The summed E-state index contributed by atoms with van der Waals surface area (Å²) in [6.07, 6.45) is 0.0685. The molecule has 3 nitrogen and oxygen atoms in total. The van der Waals surface area contributed by atoms with E-state index in [0.717, 1.165) is 4.47 Å². The van der Waals surface area contributed by atoms with E-state index in [9.17, 15) is 4.39 Å². The Bertz CT molecular complexity index is 370. The van der Waals surface area contributed by atoms with E-state index >= 15 is 0 Å². The van der Waals surface area contributed by atoms with Gasteiger partial charge < -0.3 is 14.8 Å². The highest BCUT2D eigenvalue weighted by Crippen LogP contribution is 2.15. The molecule has 1 aliphatic heterocycles. The third-order valence-electron chi connectivity index (χ3n) is 2.58. The number of rotatable bonds is 4. The maximum absolute atomic E-state index is 13.4. The molecule has 1 aliphatic rings. The van der Waals surface area contributed by atoms with Crippen molar-refractivity contribution in [3.05, 3.63) is 34.1 Å². The zero-order valence-corrected chi connectivity index (χ0v) is 11.0. The van der Waals surface area contributed by atoms with E-state index in [-0.39, 0.29) is 11.9 Å². The summed E-state index contributed by atoms with van der Waals surface area (Å²) in [5.41, 5.74) is 0.649. The molecule has 94 valence electrons. The molecule has 0 bridgehead atoms. The molecule has 1 unspecified atom stereocenters. The lowest BCUT2D eigenvalue weighted by molar-refractivity contribution is -0.0864. The first kappa shape index (κ1) is 13.0. The van der Waals surface area contributed by atoms with E-state index in [0.29, 0.717) is 38.5 Å². The van der Waals surface area contributed by atoms with Crippen LogP contribution in [-0.4, -0.2) is 32.5 Å². The van der Waals surface area contributed by atoms with E-state index in [1.807, 2.05) is 0 Å². The molecule has 0 radical (unpaired) electrons. The molecule has 1 N–H and O–H groups in total.